The van der Waals surface area contributed by atoms with Gasteiger partial charge in [0, 0.05) is 43.4 Å². The van der Waals surface area contributed by atoms with E-state index in [1.54, 1.807) is 4.90 Å². The number of morpholine rings is 1. The Morgan fingerprint density at radius 2 is 1.76 bits per heavy atom. The summed E-state index contributed by atoms with van der Waals surface area (Å²) < 4.78 is 63.5. The maximum atomic E-state index is 14.6. The van der Waals surface area contributed by atoms with Crippen LogP contribution in [0.25, 0.3) is 0 Å². The van der Waals surface area contributed by atoms with E-state index in [1.165, 1.54) is 37.1 Å². The van der Waals surface area contributed by atoms with Crippen molar-refractivity contribution >= 4 is 17.7 Å². The van der Waals surface area contributed by atoms with Gasteiger partial charge < -0.3 is 15.4 Å². The molecule has 3 aliphatic rings. The number of halogens is 4. The minimum absolute atomic E-state index is 0.0531. The SMILES string of the molecule is Nc1cc(C(F)(F)F)c(C2C(C3CC3)N(C(=O)c3cccc(F)c3)CCC2N(c2ncncn2)N2CCOCC2)cn1. The van der Waals surface area contributed by atoms with Crippen LogP contribution >= 0.6 is 0 Å². The molecule has 1 aliphatic carbocycles. The van der Waals surface area contributed by atoms with Crippen LogP contribution in [0.15, 0.2) is 49.2 Å². The molecule has 2 aromatic heterocycles. The number of hydrogen-bond donors (Lipinski definition) is 1. The molecule has 0 spiro atoms. The molecule has 222 valence electrons. The number of nitrogens with two attached hydrogens (primary N) is 1. The molecule has 42 heavy (non-hydrogen) atoms. The van der Waals surface area contributed by atoms with Crippen LogP contribution in [0.3, 0.4) is 0 Å². The zero-order valence-corrected chi connectivity index (χ0v) is 22.6. The van der Waals surface area contributed by atoms with Crippen molar-refractivity contribution in [1.82, 2.24) is 29.8 Å². The number of ether oxygens (including phenoxy) is 1. The van der Waals surface area contributed by atoms with Gasteiger partial charge in [0.2, 0.25) is 5.95 Å². The van der Waals surface area contributed by atoms with Crippen LogP contribution in [0, 0.1) is 11.7 Å². The molecule has 2 N–H and O–H groups in total. The van der Waals surface area contributed by atoms with Gasteiger partial charge in [-0.15, -0.1) is 0 Å². The van der Waals surface area contributed by atoms with E-state index in [0.29, 0.717) is 38.7 Å². The summed E-state index contributed by atoms with van der Waals surface area (Å²) in [7, 11) is 0. The van der Waals surface area contributed by atoms with E-state index in [-0.39, 0.29) is 29.4 Å². The Bertz CT molecular complexity index is 1420. The first-order chi connectivity index (χ1) is 20.2. The molecule has 3 aromatic rings. The van der Waals surface area contributed by atoms with Gasteiger partial charge in [-0.05, 0) is 55.0 Å². The standard InChI is InChI=1S/C28H30F4N8O2/c29-19-3-1-2-18(12-19)26(41)39-7-6-22(40(27-36-15-34-16-37-27)38-8-10-42-11-9-38)24(25(39)17-4-5-17)20-14-35-23(33)13-21(20)28(30,31)32/h1-3,12-17,22,24-25H,4-11H2,(H2,33,35). The molecule has 3 unspecified atom stereocenters. The molecular formula is C28H30F4N8O2. The van der Waals surface area contributed by atoms with Gasteiger partial charge in [0.15, 0.2) is 0 Å². The number of alkyl halides is 3. The molecule has 14 heteroatoms. The highest BCUT2D eigenvalue weighted by Gasteiger charge is 2.53. The van der Waals surface area contributed by atoms with Gasteiger partial charge in [0.25, 0.3) is 5.91 Å². The number of benzene rings is 1. The second-order valence-electron chi connectivity index (χ2n) is 10.8. The highest BCUT2D eigenvalue weighted by atomic mass is 19.4. The van der Waals surface area contributed by atoms with Gasteiger partial charge in [-0.1, -0.05) is 6.07 Å². The topological polar surface area (TPSA) is 114 Å². The van der Waals surface area contributed by atoms with Gasteiger partial charge in [0.05, 0.1) is 24.8 Å². The van der Waals surface area contributed by atoms with Crippen LogP contribution in [0.1, 0.15) is 46.7 Å². The van der Waals surface area contributed by atoms with E-state index in [0.717, 1.165) is 25.0 Å². The second kappa shape index (κ2) is 11.4. The van der Waals surface area contributed by atoms with E-state index in [9.17, 15) is 22.4 Å². The van der Waals surface area contributed by atoms with Gasteiger partial charge >= 0.3 is 6.18 Å². The van der Waals surface area contributed by atoms with Crippen molar-refractivity contribution in [3.63, 3.8) is 0 Å². The lowest BCUT2D eigenvalue weighted by Gasteiger charge is -2.52. The summed E-state index contributed by atoms with van der Waals surface area (Å²) in [6.45, 7) is 2.04. The number of carbonyl (C=O) groups is 1. The molecule has 3 fully saturated rings. The maximum Gasteiger partial charge on any atom is 0.416 e. The molecule has 4 heterocycles. The summed E-state index contributed by atoms with van der Waals surface area (Å²) in [5.74, 6) is -1.86. The van der Waals surface area contributed by atoms with E-state index >= 15 is 0 Å². The van der Waals surface area contributed by atoms with Crippen molar-refractivity contribution in [3.05, 3.63) is 71.7 Å². The number of carbonyl (C=O) groups excluding carboxylic acids is 1. The van der Waals surface area contributed by atoms with Crippen molar-refractivity contribution in [2.45, 2.75) is 43.4 Å². The minimum Gasteiger partial charge on any atom is -0.384 e. The monoisotopic (exact) mass is 586 g/mol. The Hall–Kier alpha value is -3.91. The number of rotatable bonds is 6. The fourth-order valence-corrected chi connectivity index (χ4v) is 6.30. The van der Waals surface area contributed by atoms with Gasteiger partial charge in [-0.2, -0.15) is 13.2 Å². The number of pyridine rings is 1. The molecule has 2 saturated heterocycles. The number of hydrogen-bond acceptors (Lipinski definition) is 9. The number of likely N-dealkylation sites (tertiary alicyclic amines) is 1. The van der Waals surface area contributed by atoms with Gasteiger partial charge in [0.1, 0.15) is 24.3 Å². The van der Waals surface area contributed by atoms with Crippen molar-refractivity contribution in [2.24, 2.45) is 5.92 Å². The van der Waals surface area contributed by atoms with E-state index in [4.69, 9.17) is 10.5 Å². The maximum absolute atomic E-state index is 14.6. The molecular weight excluding hydrogens is 556 g/mol. The number of piperidine rings is 1. The molecule has 0 radical (unpaired) electrons. The highest BCUT2D eigenvalue weighted by molar-refractivity contribution is 5.94. The highest BCUT2D eigenvalue weighted by Crippen LogP contribution is 2.50. The summed E-state index contributed by atoms with van der Waals surface area (Å²) in [6.07, 6.45) is 0.930. The lowest BCUT2D eigenvalue weighted by atomic mass is 9.75. The summed E-state index contributed by atoms with van der Waals surface area (Å²) in [5.41, 5.74) is 4.95. The molecule has 3 atom stereocenters. The largest absolute Gasteiger partial charge is 0.416 e. The number of anilines is 2. The smallest absolute Gasteiger partial charge is 0.384 e. The van der Waals surface area contributed by atoms with Gasteiger partial charge in [-0.3, -0.25) is 9.80 Å². The molecule has 0 bridgehead atoms. The summed E-state index contributed by atoms with van der Waals surface area (Å²) in [6, 6.07) is 5.01. The lowest BCUT2D eigenvalue weighted by molar-refractivity contribution is -0.138. The Morgan fingerprint density at radius 3 is 2.43 bits per heavy atom. The van der Waals surface area contributed by atoms with Crippen LogP contribution < -0.4 is 10.7 Å². The van der Waals surface area contributed by atoms with E-state index in [2.05, 4.69) is 19.9 Å². The van der Waals surface area contributed by atoms with E-state index < -0.39 is 41.5 Å². The summed E-state index contributed by atoms with van der Waals surface area (Å²) in [5, 5.41) is 3.84. The van der Waals surface area contributed by atoms with Crippen molar-refractivity contribution in [3.8, 4) is 0 Å². The fourth-order valence-electron chi connectivity index (χ4n) is 6.30. The predicted molar refractivity (Wildman–Crippen MR) is 143 cm³/mol. The van der Waals surface area contributed by atoms with Crippen LogP contribution in [0.4, 0.5) is 29.3 Å². The average molecular weight is 587 g/mol. The Labute approximate surface area is 239 Å². The zero-order valence-electron chi connectivity index (χ0n) is 22.6. The fraction of sp³-hybridized carbons (Fsp3) is 0.464. The molecule has 6 rings (SSSR count). The predicted octanol–water partition coefficient (Wildman–Crippen LogP) is 3.54. The Morgan fingerprint density at radius 1 is 1.02 bits per heavy atom. The number of hydrazine groups is 1. The first kappa shape index (κ1) is 28.2. The average Bonchev–Trinajstić information content (AvgIpc) is 3.83. The van der Waals surface area contributed by atoms with Crippen molar-refractivity contribution < 1.29 is 27.1 Å². The number of aromatic nitrogens is 4. The summed E-state index contributed by atoms with van der Waals surface area (Å²) in [4.78, 5) is 32.3. The van der Waals surface area contributed by atoms with Crippen LogP contribution in [-0.2, 0) is 10.9 Å². The van der Waals surface area contributed by atoms with Crippen LogP contribution in [0.2, 0.25) is 0 Å². The number of amides is 1. The molecule has 1 amide bonds. The van der Waals surface area contributed by atoms with Gasteiger partial charge in [-0.25, -0.2) is 29.3 Å². The summed E-state index contributed by atoms with van der Waals surface area (Å²) >= 11 is 0. The number of nitrogens with zero attached hydrogens (tertiary/aromatic N) is 7. The second-order valence-corrected chi connectivity index (χ2v) is 10.8. The molecule has 10 nitrogen and oxygen atoms in total. The minimum atomic E-state index is -4.73. The van der Waals surface area contributed by atoms with Crippen molar-refractivity contribution in [1.29, 1.82) is 0 Å². The third-order valence-electron chi connectivity index (χ3n) is 8.16. The first-order valence-corrected chi connectivity index (χ1v) is 13.9. The Kier molecular flexibility index (Phi) is 7.66. The molecule has 1 aromatic carbocycles. The zero-order chi connectivity index (χ0) is 29.4. The van der Waals surface area contributed by atoms with Crippen molar-refractivity contribution in [2.75, 3.05) is 43.6 Å². The first-order valence-electron chi connectivity index (χ1n) is 13.9. The molecule has 1 saturated carbocycles. The third-order valence-corrected chi connectivity index (χ3v) is 8.16. The molecule has 2 aliphatic heterocycles. The lowest BCUT2D eigenvalue weighted by Crippen LogP contribution is -2.63. The quantitative estimate of drug-likeness (QED) is 0.434. The normalized spacial score (nSPS) is 23.5. The third kappa shape index (κ3) is 5.60. The van der Waals surface area contributed by atoms with E-state index in [1.807, 2.05) is 10.0 Å². The van der Waals surface area contributed by atoms with Crippen LogP contribution in [0.5, 0.6) is 0 Å². The Balaban J connectivity index is 1.52. The number of nitrogen functional groups attached to an aromatic ring is 1. The van der Waals surface area contributed by atoms with Crippen LogP contribution in [-0.4, -0.2) is 80.7 Å².